The Morgan fingerprint density at radius 2 is 1.81 bits per heavy atom. The first kappa shape index (κ1) is 30.5. The maximum Gasteiger partial charge on any atom is 0.329 e. The molecule has 2 fully saturated rings. The first-order chi connectivity index (χ1) is 23.0. The molecule has 2 N–H and O–H groups in total. The predicted molar refractivity (Wildman–Crippen MR) is 180 cm³/mol. The number of fused-ring (bicyclic) bond motifs is 2. The fourth-order valence-electron chi connectivity index (χ4n) is 6.32. The van der Waals surface area contributed by atoms with Gasteiger partial charge in [0.25, 0.3) is 5.91 Å². The molecule has 5 aromatic rings. The molecule has 3 amide bonds. The summed E-state index contributed by atoms with van der Waals surface area (Å²) < 4.78 is 4.61. The summed E-state index contributed by atoms with van der Waals surface area (Å²) in [7, 11) is 1.68. The number of carbonyl (C=O) groups excluding carboxylic acids is 3. The Labute approximate surface area is 275 Å². The molecule has 12 heteroatoms. The van der Waals surface area contributed by atoms with Crippen LogP contribution in [0.2, 0.25) is 0 Å². The summed E-state index contributed by atoms with van der Waals surface area (Å²) in [5.41, 5.74) is 2.86. The second-order valence-electron chi connectivity index (χ2n) is 12.7. The van der Waals surface area contributed by atoms with Crippen molar-refractivity contribution in [2.75, 3.05) is 23.3 Å². The Kier molecular flexibility index (Phi) is 7.36. The first-order valence-corrected chi connectivity index (χ1v) is 15.6. The van der Waals surface area contributed by atoms with Crippen LogP contribution in [0.5, 0.6) is 0 Å². The van der Waals surface area contributed by atoms with Gasteiger partial charge in [-0.05, 0) is 50.6 Å². The van der Waals surface area contributed by atoms with Gasteiger partial charge in [0, 0.05) is 54.9 Å². The normalized spacial score (nSPS) is 16.6. The van der Waals surface area contributed by atoms with Gasteiger partial charge in [-0.2, -0.15) is 10.4 Å². The van der Waals surface area contributed by atoms with Crippen LogP contribution in [0.25, 0.3) is 21.8 Å². The molecule has 2 aromatic heterocycles. The summed E-state index contributed by atoms with van der Waals surface area (Å²) in [4.78, 5) is 52.8. The van der Waals surface area contributed by atoms with Crippen LogP contribution in [0.15, 0.2) is 71.8 Å². The van der Waals surface area contributed by atoms with Gasteiger partial charge in [-0.25, -0.2) is 4.79 Å². The van der Waals surface area contributed by atoms with Crippen LogP contribution in [0.4, 0.5) is 11.4 Å². The van der Waals surface area contributed by atoms with Crippen molar-refractivity contribution in [3.63, 3.8) is 0 Å². The molecule has 0 radical (unpaired) electrons. The van der Waals surface area contributed by atoms with Gasteiger partial charge in [-0.1, -0.05) is 36.1 Å². The topological polar surface area (TPSA) is 147 Å². The van der Waals surface area contributed by atoms with Crippen molar-refractivity contribution >= 4 is 50.9 Å². The standard InChI is InChI=1S/C36H32N8O4/c1-36(2,34(47)39-28-12-10-24(17-37)26-6-4-5-7-27(26)28)43-21-22(18-38-43)8-9-23-19-42(20-23)25-11-13-29-31(16-25)41(3)35(48)44(29)30-14-15-32(45)40-33(30)46/h4-7,10-13,16,18,21,23,30H,14-15,19-20H2,1-3H3,(H,39,47)(H,40,45,46). The lowest BCUT2D eigenvalue weighted by atomic mass is 9.99. The summed E-state index contributed by atoms with van der Waals surface area (Å²) >= 11 is 0. The number of aromatic nitrogens is 4. The Hall–Kier alpha value is -6.14. The average Bonchev–Trinajstić information content (AvgIpc) is 3.63. The molecular formula is C36H32N8O4. The van der Waals surface area contributed by atoms with E-state index in [0.717, 1.165) is 16.5 Å². The van der Waals surface area contributed by atoms with Gasteiger partial charge in [-0.15, -0.1) is 0 Å². The molecule has 48 heavy (non-hydrogen) atoms. The number of rotatable bonds is 5. The number of benzene rings is 3. The number of nitrogens with zero attached hydrogens (tertiary/aromatic N) is 6. The second kappa shape index (κ2) is 11.6. The number of carbonyl (C=O) groups is 3. The zero-order valence-electron chi connectivity index (χ0n) is 26.7. The number of piperidine rings is 1. The molecule has 2 aliphatic rings. The van der Waals surface area contributed by atoms with E-state index in [2.05, 4.69) is 38.5 Å². The molecule has 0 spiro atoms. The van der Waals surface area contributed by atoms with Crippen molar-refractivity contribution < 1.29 is 14.4 Å². The number of hydrogen-bond acceptors (Lipinski definition) is 7. The number of amides is 3. The van der Waals surface area contributed by atoms with Crippen LogP contribution in [0, 0.1) is 29.1 Å². The van der Waals surface area contributed by atoms with Gasteiger partial charge >= 0.3 is 5.69 Å². The molecule has 2 saturated heterocycles. The number of imidazole rings is 1. The number of nitriles is 1. The van der Waals surface area contributed by atoms with E-state index in [0.29, 0.717) is 40.9 Å². The van der Waals surface area contributed by atoms with E-state index in [9.17, 15) is 24.4 Å². The minimum absolute atomic E-state index is 0.127. The molecule has 1 atom stereocenters. The molecule has 7 rings (SSSR count). The first-order valence-electron chi connectivity index (χ1n) is 15.6. The SMILES string of the molecule is Cn1c(=O)n(C2CCC(=O)NC2=O)c2ccc(N3CC(C#Cc4cnn(C(C)(C)C(=O)Nc5ccc(C#N)c6ccccc56)c4)C3)cc21. The van der Waals surface area contributed by atoms with E-state index in [1.54, 1.807) is 50.1 Å². The molecule has 2 aliphatic heterocycles. The van der Waals surface area contributed by atoms with Crippen LogP contribution >= 0.6 is 0 Å². The molecule has 1 unspecified atom stereocenters. The lowest BCUT2D eigenvalue weighted by Gasteiger charge is -2.38. The van der Waals surface area contributed by atoms with Crippen molar-refractivity contribution in [2.24, 2.45) is 13.0 Å². The highest BCUT2D eigenvalue weighted by Gasteiger charge is 2.33. The number of aryl methyl sites for hydroxylation is 1. The third-order valence-corrected chi connectivity index (χ3v) is 9.27. The van der Waals surface area contributed by atoms with E-state index in [4.69, 9.17) is 0 Å². The van der Waals surface area contributed by atoms with Crippen molar-refractivity contribution in [3.8, 4) is 17.9 Å². The van der Waals surface area contributed by atoms with Gasteiger partial charge in [0.05, 0.1) is 40.3 Å². The average molecular weight is 641 g/mol. The van der Waals surface area contributed by atoms with E-state index in [1.807, 2.05) is 42.5 Å². The Morgan fingerprint density at radius 3 is 2.56 bits per heavy atom. The monoisotopic (exact) mass is 640 g/mol. The van der Waals surface area contributed by atoms with Gasteiger partial charge in [-0.3, -0.25) is 33.5 Å². The highest BCUT2D eigenvalue weighted by molar-refractivity contribution is 6.06. The van der Waals surface area contributed by atoms with Crippen LogP contribution in [-0.4, -0.2) is 49.7 Å². The van der Waals surface area contributed by atoms with Crippen LogP contribution in [0.1, 0.15) is 43.9 Å². The molecule has 0 bridgehead atoms. The highest BCUT2D eigenvalue weighted by Crippen LogP contribution is 2.31. The molecule has 240 valence electrons. The Balaban J connectivity index is 1.02. The zero-order chi connectivity index (χ0) is 33.7. The third kappa shape index (κ3) is 5.17. The van der Waals surface area contributed by atoms with Crippen molar-refractivity contribution in [1.82, 2.24) is 24.2 Å². The Morgan fingerprint density at radius 1 is 1.04 bits per heavy atom. The summed E-state index contributed by atoms with van der Waals surface area (Å²) in [5.74, 6) is 5.60. The van der Waals surface area contributed by atoms with Crippen molar-refractivity contribution in [1.29, 1.82) is 5.26 Å². The molecule has 0 saturated carbocycles. The minimum atomic E-state index is -1.02. The fraction of sp³-hybridized carbons (Fsp3) is 0.278. The summed E-state index contributed by atoms with van der Waals surface area (Å²) in [6.45, 7) is 4.99. The maximum atomic E-state index is 13.4. The van der Waals surface area contributed by atoms with Crippen molar-refractivity contribution in [2.45, 2.75) is 38.3 Å². The highest BCUT2D eigenvalue weighted by atomic mass is 16.2. The summed E-state index contributed by atoms with van der Waals surface area (Å²) in [6.07, 6.45) is 3.90. The van der Waals surface area contributed by atoms with E-state index in [1.165, 1.54) is 9.13 Å². The van der Waals surface area contributed by atoms with Gasteiger partial charge in [0.1, 0.15) is 11.6 Å². The summed E-state index contributed by atoms with van der Waals surface area (Å²) in [5, 5.41) is 20.8. The number of nitrogens with one attached hydrogen (secondary N) is 2. The second-order valence-corrected chi connectivity index (χ2v) is 12.7. The number of hydrogen-bond donors (Lipinski definition) is 2. The Bertz CT molecular complexity index is 2320. The third-order valence-electron chi connectivity index (χ3n) is 9.27. The van der Waals surface area contributed by atoms with Gasteiger partial charge < -0.3 is 10.2 Å². The lowest BCUT2D eigenvalue weighted by molar-refractivity contribution is -0.135. The lowest BCUT2D eigenvalue weighted by Crippen LogP contribution is -2.46. The van der Waals surface area contributed by atoms with Crippen LogP contribution in [0.3, 0.4) is 0 Å². The number of imide groups is 1. The molecule has 4 heterocycles. The maximum absolute atomic E-state index is 13.4. The van der Waals surface area contributed by atoms with Crippen LogP contribution in [-0.2, 0) is 27.0 Å². The predicted octanol–water partition coefficient (Wildman–Crippen LogP) is 3.40. The largest absolute Gasteiger partial charge is 0.369 e. The molecule has 0 aliphatic carbocycles. The minimum Gasteiger partial charge on any atom is -0.369 e. The van der Waals surface area contributed by atoms with E-state index >= 15 is 0 Å². The number of anilines is 2. The smallest absolute Gasteiger partial charge is 0.329 e. The zero-order valence-corrected chi connectivity index (χ0v) is 26.7. The van der Waals surface area contributed by atoms with Crippen LogP contribution < -0.4 is 21.2 Å². The quantitative estimate of drug-likeness (QED) is 0.221. The fourth-order valence-corrected chi connectivity index (χ4v) is 6.32. The molecule has 3 aromatic carbocycles. The van der Waals surface area contributed by atoms with Gasteiger partial charge in [0.15, 0.2) is 0 Å². The molecule has 12 nitrogen and oxygen atoms in total. The molecular weight excluding hydrogens is 608 g/mol. The van der Waals surface area contributed by atoms with E-state index < -0.39 is 17.5 Å². The summed E-state index contributed by atoms with van der Waals surface area (Å²) in [6, 6.07) is 18.1. The van der Waals surface area contributed by atoms with Gasteiger partial charge in [0.2, 0.25) is 11.8 Å². The van der Waals surface area contributed by atoms with Crippen molar-refractivity contribution in [3.05, 3.63) is 88.6 Å². The van der Waals surface area contributed by atoms with E-state index in [-0.39, 0.29) is 36.3 Å².